The minimum absolute atomic E-state index is 0.0927. The fraction of sp³-hybridized carbons (Fsp3) is 0.188. The zero-order valence-corrected chi connectivity index (χ0v) is 12.9. The minimum Gasteiger partial charge on any atom is -0.490 e. The smallest absolute Gasteiger partial charge is 0.193 e. The van der Waals surface area contributed by atoms with Crippen LogP contribution in [0.2, 0.25) is 0 Å². The van der Waals surface area contributed by atoms with Gasteiger partial charge in [0.05, 0.1) is 13.2 Å². The lowest BCUT2D eigenvalue weighted by molar-refractivity contribution is 0.103. The Bertz CT molecular complexity index is 700. The maximum Gasteiger partial charge on any atom is 0.193 e. The molecule has 0 radical (unpaired) electrons. The first-order chi connectivity index (χ1) is 10.1. The van der Waals surface area contributed by atoms with Crippen LogP contribution in [0.25, 0.3) is 0 Å². The van der Waals surface area contributed by atoms with Gasteiger partial charge in [-0.1, -0.05) is 0 Å². The highest BCUT2D eigenvalue weighted by Gasteiger charge is 2.15. The second-order valence-corrected chi connectivity index (χ2v) is 5.63. The third-order valence-electron chi connectivity index (χ3n) is 3.27. The van der Waals surface area contributed by atoms with Gasteiger partial charge in [0.15, 0.2) is 17.3 Å². The van der Waals surface area contributed by atoms with Crippen LogP contribution in [-0.4, -0.2) is 19.0 Å². The summed E-state index contributed by atoms with van der Waals surface area (Å²) in [6.07, 6.45) is 0.835. The average molecular weight is 348 g/mol. The van der Waals surface area contributed by atoms with Crippen molar-refractivity contribution in [2.45, 2.75) is 6.42 Å². The third kappa shape index (κ3) is 2.88. The van der Waals surface area contributed by atoms with E-state index < -0.39 is 0 Å². The van der Waals surface area contributed by atoms with Gasteiger partial charge in [-0.2, -0.15) is 0 Å². The maximum atomic E-state index is 12.5. The Morgan fingerprint density at radius 1 is 1.00 bits per heavy atom. The number of carbonyl (C=O) groups excluding carboxylic acids is 1. The number of nitrogen functional groups attached to an aromatic ring is 1. The van der Waals surface area contributed by atoms with Crippen LogP contribution in [0.5, 0.6) is 11.5 Å². The van der Waals surface area contributed by atoms with Crippen molar-refractivity contribution in [3.63, 3.8) is 0 Å². The van der Waals surface area contributed by atoms with Gasteiger partial charge in [0, 0.05) is 27.7 Å². The zero-order chi connectivity index (χ0) is 14.8. The van der Waals surface area contributed by atoms with Gasteiger partial charge in [-0.05, 0) is 52.3 Å². The first-order valence-corrected chi connectivity index (χ1v) is 7.44. The largest absolute Gasteiger partial charge is 0.490 e. The van der Waals surface area contributed by atoms with Crippen molar-refractivity contribution in [1.82, 2.24) is 0 Å². The van der Waals surface area contributed by atoms with Crippen LogP contribution in [-0.2, 0) is 0 Å². The van der Waals surface area contributed by atoms with Gasteiger partial charge >= 0.3 is 0 Å². The maximum absolute atomic E-state index is 12.5. The molecular formula is C16H14BrNO3. The Hall–Kier alpha value is -2.01. The Balaban J connectivity index is 1.94. The van der Waals surface area contributed by atoms with E-state index in [2.05, 4.69) is 15.9 Å². The van der Waals surface area contributed by atoms with E-state index in [0.717, 1.165) is 10.9 Å². The summed E-state index contributed by atoms with van der Waals surface area (Å²) in [7, 11) is 0. The molecule has 4 nitrogen and oxygen atoms in total. The summed E-state index contributed by atoms with van der Waals surface area (Å²) in [5.74, 6) is 1.20. The van der Waals surface area contributed by atoms with Crippen LogP contribution < -0.4 is 15.2 Å². The summed E-state index contributed by atoms with van der Waals surface area (Å²) in [6.45, 7) is 1.22. The van der Waals surface area contributed by atoms with Gasteiger partial charge in [-0.15, -0.1) is 0 Å². The van der Waals surface area contributed by atoms with Crippen LogP contribution >= 0.6 is 15.9 Å². The van der Waals surface area contributed by atoms with Gasteiger partial charge < -0.3 is 15.2 Å². The molecule has 0 saturated heterocycles. The fourth-order valence-corrected chi connectivity index (χ4v) is 2.40. The van der Waals surface area contributed by atoms with E-state index >= 15 is 0 Å². The molecule has 21 heavy (non-hydrogen) atoms. The van der Waals surface area contributed by atoms with Crippen molar-refractivity contribution >= 4 is 27.4 Å². The number of ether oxygens (including phenoxy) is 2. The molecule has 0 aromatic heterocycles. The van der Waals surface area contributed by atoms with Crippen molar-refractivity contribution in [2.24, 2.45) is 0 Å². The monoisotopic (exact) mass is 347 g/mol. The number of rotatable bonds is 2. The van der Waals surface area contributed by atoms with Crippen molar-refractivity contribution in [2.75, 3.05) is 18.9 Å². The number of benzene rings is 2. The third-order valence-corrected chi connectivity index (χ3v) is 3.99. The Morgan fingerprint density at radius 3 is 2.43 bits per heavy atom. The topological polar surface area (TPSA) is 61.6 Å². The molecule has 1 aliphatic heterocycles. The molecule has 1 heterocycles. The molecule has 3 rings (SSSR count). The van der Waals surface area contributed by atoms with Crippen molar-refractivity contribution in [1.29, 1.82) is 0 Å². The molecule has 2 N–H and O–H groups in total. The molecule has 2 aromatic rings. The molecule has 0 aliphatic carbocycles. The van der Waals surface area contributed by atoms with Crippen LogP contribution in [0.3, 0.4) is 0 Å². The lowest BCUT2D eigenvalue weighted by Crippen LogP contribution is -2.03. The van der Waals surface area contributed by atoms with E-state index in [4.69, 9.17) is 15.2 Å². The molecule has 2 aromatic carbocycles. The van der Waals surface area contributed by atoms with Crippen LogP contribution in [0.1, 0.15) is 22.3 Å². The van der Waals surface area contributed by atoms with Gasteiger partial charge in [-0.25, -0.2) is 0 Å². The van der Waals surface area contributed by atoms with Gasteiger partial charge in [0.1, 0.15) is 0 Å². The van der Waals surface area contributed by atoms with Gasteiger partial charge in [-0.3, -0.25) is 4.79 Å². The number of ketones is 1. The van der Waals surface area contributed by atoms with E-state index in [0.29, 0.717) is 41.5 Å². The predicted molar refractivity (Wildman–Crippen MR) is 84.0 cm³/mol. The number of hydrogen-bond donors (Lipinski definition) is 1. The van der Waals surface area contributed by atoms with E-state index in [1.54, 1.807) is 36.4 Å². The zero-order valence-electron chi connectivity index (χ0n) is 11.3. The molecule has 0 amide bonds. The molecule has 0 unspecified atom stereocenters. The van der Waals surface area contributed by atoms with E-state index in [9.17, 15) is 4.79 Å². The number of nitrogens with two attached hydrogens (primary N) is 1. The fourth-order valence-electron chi connectivity index (χ4n) is 2.16. The van der Waals surface area contributed by atoms with Gasteiger partial charge in [0.2, 0.25) is 0 Å². The van der Waals surface area contributed by atoms with Crippen molar-refractivity contribution in [3.8, 4) is 11.5 Å². The van der Waals surface area contributed by atoms with E-state index in [1.807, 2.05) is 0 Å². The summed E-state index contributed by atoms with van der Waals surface area (Å²) in [6, 6.07) is 10.4. The number of fused-ring (bicyclic) bond motifs is 1. The molecule has 0 saturated carbocycles. The number of halogens is 1. The summed E-state index contributed by atoms with van der Waals surface area (Å²) >= 11 is 3.32. The number of hydrogen-bond acceptors (Lipinski definition) is 4. The molecule has 108 valence electrons. The quantitative estimate of drug-likeness (QED) is 0.667. The summed E-state index contributed by atoms with van der Waals surface area (Å²) in [4.78, 5) is 12.5. The number of carbonyl (C=O) groups is 1. The Morgan fingerprint density at radius 2 is 1.67 bits per heavy atom. The number of anilines is 1. The second-order valence-electron chi connectivity index (χ2n) is 4.78. The molecule has 0 spiro atoms. The van der Waals surface area contributed by atoms with Crippen LogP contribution in [0.15, 0.2) is 40.9 Å². The highest BCUT2D eigenvalue weighted by molar-refractivity contribution is 9.10. The second kappa shape index (κ2) is 5.77. The summed E-state index contributed by atoms with van der Waals surface area (Å²) < 4.78 is 11.9. The highest BCUT2D eigenvalue weighted by Crippen LogP contribution is 2.31. The lowest BCUT2D eigenvalue weighted by atomic mass is 10.0. The molecule has 0 fully saturated rings. The standard InChI is InChI=1S/C16H14BrNO3/c17-12-4-2-10(8-13(12)18)16(19)11-3-5-14-15(9-11)21-7-1-6-20-14/h2-5,8-9H,1,6-7,18H2. The highest BCUT2D eigenvalue weighted by atomic mass is 79.9. The Kier molecular flexibility index (Phi) is 3.84. The van der Waals surface area contributed by atoms with E-state index in [-0.39, 0.29) is 5.78 Å². The lowest BCUT2D eigenvalue weighted by Gasteiger charge is -2.09. The molecule has 1 aliphatic rings. The van der Waals surface area contributed by atoms with E-state index in [1.165, 1.54) is 0 Å². The molecule has 5 heteroatoms. The summed E-state index contributed by atoms with van der Waals surface area (Å²) in [5.41, 5.74) is 7.46. The SMILES string of the molecule is Nc1cc(C(=O)c2ccc3c(c2)OCCCO3)ccc1Br. The first kappa shape index (κ1) is 13.9. The minimum atomic E-state index is -0.0927. The van der Waals surface area contributed by atoms with Crippen LogP contribution in [0, 0.1) is 0 Å². The van der Waals surface area contributed by atoms with Crippen molar-refractivity contribution < 1.29 is 14.3 Å². The first-order valence-electron chi connectivity index (χ1n) is 6.64. The average Bonchev–Trinajstić information content (AvgIpc) is 2.73. The van der Waals surface area contributed by atoms with Crippen molar-refractivity contribution in [3.05, 3.63) is 52.0 Å². The summed E-state index contributed by atoms with van der Waals surface area (Å²) in [5, 5.41) is 0. The Labute approximate surface area is 131 Å². The van der Waals surface area contributed by atoms with Crippen LogP contribution in [0.4, 0.5) is 5.69 Å². The predicted octanol–water partition coefficient (Wildman–Crippen LogP) is 3.42. The molecule has 0 atom stereocenters. The van der Waals surface area contributed by atoms with Gasteiger partial charge in [0.25, 0.3) is 0 Å². The molecular weight excluding hydrogens is 334 g/mol. The molecule has 0 bridgehead atoms. The normalized spacial score (nSPS) is 13.6.